The summed E-state index contributed by atoms with van der Waals surface area (Å²) in [5.74, 6) is 0.182. The Morgan fingerprint density at radius 1 is 1.12 bits per heavy atom. The highest BCUT2D eigenvalue weighted by Crippen LogP contribution is 2.23. The fraction of sp³-hybridized carbons (Fsp3) is 0.250. The Labute approximate surface area is 151 Å². The summed E-state index contributed by atoms with van der Waals surface area (Å²) in [7, 11) is 0. The first-order valence-corrected chi connectivity index (χ1v) is 8.74. The van der Waals surface area contributed by atoms with Gasteiger partial charge in [0.1, 0.15) is 5.65 Å². The zero-order valence-corrected chi connectivity index (χ0v) is 14.6. The Morgan fingerprint density at radius 2 is 1.92 bits per heavy atom. The Morgan fingerprint density at radius 3 is 2.65 bits per heavy atom. The number of fused-ring (bicyclic) bond motifs is 1. The molecule has 2 aromatic heterocycles. The van der Waals surface area contributed by atoms with Crippen molar-refractivity contribution in [3.8, 4) is 0 Å². The van der Waals surface area contributed by atoms with Crippen LogP contribution in [0, 0.1) is 6.92 Å². The second-order valence-corrected chi connectivity index (χ2v) is 6.50. The molecule has 6 heteroatoms. The molecule has 3 heterocycles. The molecule has 0 aliphatic carbocycles. The molecule has 4 rings (SSSR count). The highest BCUT2D eigenvalue weighted by molar-refractivity contribution is 5.95. The number of hydrogen-bond acceptors (Lipinski definition) is 4. The summed E-state index contributed by atoms with van der Waals surface area (Å²) in [6.45, 7) is 3.14. The van der Waals surface area contributed by atoms with Crippen LogP contribution >= 0.6 is 0 Å². The largest absolute Gasteiger partial charge is 0.379 e. The number of rotatable bonds is 4. The molecule has 0 atom stereocenters. The number of hydrogen-bond donors (Lipinski definition) is 1. The lowest BCUT2D eigenvalue weighted by molar-refractivity contribution is -0.117. The maximum atomic E-state index is 12.3. The molecule has 1 aliphatic rings. The molecule has 1 amide bonds. The van der Waals surface area contributed by atoms with Crippen LogP contribution in [0.25, 0.3) is 5.65 Å². The predicted octanol–water partition coefficient (Wildman–Crippen LogP) is 2.74. The van der Waals surface area contributed by atoms with E-state index >= 15 is 0 Å². The number of anilines is 2. The molecule has 1 saturated heterocycles. The van der Waals surface area contributed by atoms with Gasteiger partial charge in [-0.25, -0.2) is 4.98 Å². The second-order valence-electron chi connectivity index (χ2n) is 6.50. The number of benzene rings is 1. The van der Waals surface area contributed by atoms with E-state index < -0.39 is 0 Å². The highest BCUT2D eigenvalue weighted by Gasteiger charge is 2.21. The number of aryl methyl sites for hydroxylation is 1. The minimum atomic E-state index is -0.0761. The third kappa shape index (κ3) is 3.06. The van der Waals surface area contributed by atoms with E-state index in [-0.39, 0.29) is 11.5 Å². The number of pyridine rings is 1. The van der Waals surface area contributed by atoms with Crippen LogP contribution in [-0.2, 0) is 11.3 Å². The van der Waals surface area contributed by atoms with Gasteiger partial charge in [0.25, 0.3) is 5.56 Å². The molecule has 0 spiro atoms. The van der Waals surface area contributed by atoms with Crippen LogP contribution in [-0.4, -0.2) is 21.8 Å². The second kappa shape index (κ2) is 6.63. The Hall–Kier alpha value is -3.15. The summed E-state index contributed by atoms with van der Waals surface area (Å²) in [6, 6.07) is 14.9. The topological polar surface area (TPSA) is 66.7 Å². The fourth-order valence-corrected chi connectivity index (χ4v) is 3.33. The molecule has 1 aromatic carbocycles. The molecule has 6 nitrogen and oxygen atoms in total. The van der Waals surface area contributed by atoms with Crippen molar-refractivity contribution in [2.45, 2.75) is 26.3 Å². The van der Waals surface area contributed by atoms with Crippen molar-refractivity contribution in [2.75, 3.05) is 16.8 Å². The minimum absolute atomic E-state index is 0.0761. The first-order chi connectivity index (χ1) is 12.6. The number of aromatic nitrogens is 2. The van der Waals surface area contributed by atoms with Gasteiger partial charge in [0.05, 0.1) is 12.2 Å². The van der Waals surface area contributed by atoms with Gasteiger partial charge in [-0.15, -0.1) is 0 Å². The number of amides is 1. The molecule has 1 fully saturated rings. The standard InChI is InChI=1S/C20H20N4O2/c1-14-4-2-5-18-22-16(12-20(26)24(14)18)13-21-15-7-9-17(10-8-15)23-11-3-6-19(23)25/h2,4-5,7-10,12,21H,3,6,11,13H2,1H3. The lowest BCUT2D eigenvalue weighted by Gasteiger charge is -2.16. The van der Waals surface area contributed by atoms with E-state index in [9.17, 15) is 9.59 Å². The van der Waals surface area contributed by atoms with Gasteiger partial charge in [-0.3, -0.25) is 14.0 Å². The van der Waals surface area contributed by atoms with Gasteiger partial charge in [-0.1, -0.05) is 6.07 Å². The molecule has 26 heavy (non-hydrogen) atoms. The van der Waals surface area contributed by atoms with Crippen LogP contribution in [0.4, 0.5) is 11.4 Å². The lowest BCUT2D eigenvalue weighted by Crippen LogP contribution is -2.23. The maximum absolute atomic E-state index is 12.3. The van der Waals surface area contributed by atoms with Crippen molar-refractivity contribution in [1.29, 1.82) is 0 Å². The molecule has 0 unspecified atom stereocenters. The predicted molar refractivity (Wildman–Crippen MR) is 102 cm³/mol. The Balaban J connectivity index is 1.50. The SMILES string of the molecule is Cc1cccc2nc(CNc3ccc(N4CCCC4=O)cc3)cc(=O)n12. The van der Waals surface area contributed by atoms with Crippen molar-refractivity contribution in [2.24, 2.45) is 0 Å². The molecule has 1 aliphatic heterocycles. The molecule has 0 bridgehead atoms. The van der Waals surface area contributed by atoms with Gasteiger partial charge in [0, 0.05) is 36.1 Å². The fourth-order valence-electron chi connectivity index (χ4n) is 3.33. The quantitative estimate of drug-likeness (QED) is 0.787. The van der Waals surface area contributed by atoms with Crippen LogP contribution < -0.4 is 15.8 Å². The summed E-state index contributed by atoms with van der Waals surface area (Å²) in [5.41, 5.74) is 3.98. The van der Waals surface area contributed by atoms with Crippen LogP contribution in [0.5, 0.6) is 0 Å². The van der Waals surface area contributed by atoms with E-state index in [0.29, 0.717) is 24.3 Å². The van der Waals surface area contributed by atoms with Gasteiger partial charge in [0.15, 0.2) is 0 Å². The van der Waals surface area contributed by atoms with E-state index in [1.165, 1.54) is 0 Å². The smallest absolute Gasteiger partial charge is 0.258 e. The van der Waals surface area contributed by atoms with Crippen molar-refractivity contribution < 1.29 is 4.79 Å². The molecular formula is C20H20N4O2. The van der Waals surface area contributed by atoms with Gasteiger partial charge >= 0.3 is 0 Å². The van der Waals surface area contributed by atoms with E-state index in [1.807, 2.05) is 54.3 Å². The summed E-state index contributed by atoms with van der Waals surface area (Å²) < 4.78 is 1.60. The van der Waals surface area contributed by atoms with Gasteiger partial charge in [0.2, 0.25) is 5.91 Å². The zero-order chi connectivity index (χ0) is 18.1. The summed E-state index contributed by atoms with van der Waals surface area (Å²) in [4.78, 5) is 30.5. The number of carbonyl (C=O) groups is 1. The number of carbonyl (C=O) groups excluding carboxylic acids is 1. The summed E-state index contributed by atoms with van der Waals surface area (Å²) in [5, 5.41) is 3.28. The van der Waals surface area contributed by atoms with Crippen molar-refractivity contribution in [1.82, 2.24) is 9.38 Å². The van der Waals surface area contributed by atoms with Gasteiger partial charge in [-0.2, -0.15) is 0 Å². The van der Waals surface area contributed by atoms with Crippen LogP contribution in [0.3, 0.4) is 0 Å². The van der Waals surface area contributed by atoms with Crippen molar-refractivity contribution >= 4 is 22.9 Å². The van der Waals surface area contributed by atoms with Gasteiger partial charge in [-0.05, 0) is 49.7 Å². The Kier molecular flexibility index (Phi) is 4.16. The summed E-state index contributed by atoms with van der Waals surface area (Å²) in [6.07, 6.45) is 1.55. The third-order valence-corrected chi connectivity index (χ3v) is 4.66. The molecule has 132 valence electrons. The molecule has 0 radical (unpaired) electrons. The average Bonchev–Trinajstić information content (AvgIpc) is 3.06. The van der Waals surface area contributed by atoms with E-state index in [4.69, 9.17) is 0 Å². The van der Waals surface area contributed by atoms with E-state index in [1.54, 1.807) is 10.5 Å². The normalized spacial score (nSPS) is 14.2. The summed E-state index contributed by atoms with van der Waals surface area (Å²) >= 11 is 0. The minimum Gasteiger partial charge on any atom is -0.379 e. The van der Waals surface area contributed by atoms with Gasteiger partial charge < -0.3 is 10.2 Å². The Bertz CT molecular complexity index is 1020. The molecule has 1 N–H and O–H groups in total. The molecular weight excluding hydrogens is 328 g/mol. The van der Waals surface area contributed by atoms with Crippen molar-refractivity contribution in [3.05, 3.63) is 70.3 Å². The average molecular weight is 348 g/mol. The monoisotopic (exact) mass is 348 g/mol. The highest BCUT2D eigenvalue weighted by atomic mass is 16.2. The van der Waals surface area contributed by atoms with Crippen LogP contribution in [0.1, 0.15) is 24.2 Å². The zero-order valence-electron chi connectivity index (χ0n) is 14.6. The van der Waals surface area contributed by atoms with E-state index in [0.717, 1.165) is 30.0 Å². The number of nitrogens with zero attached hydrogens (tertiary/aromatic N) is 3. The first kappa shape index (κ1) is 16.3. The third-order valence-electron chi connectivity index (χ3n) is 4.66. The van der Waals surface area contributed by atoms with Crippen LogP contribution in [0.15, 0.2) is 53.3 Å². The van der Waals surface area contributed by atoms with Crippen molar-refractivity contribution in [3.63, 3.8) is 0 Å². The molecule has 3 aromatic rings. The number of nitrogens with one attached hydrogen (secondary N) is 1. The van der Waals surface area contributed by atoms with Crippen LogP contribution in [0.2, 0.25) is 0 Å². The maximum Gasteiger partial charge on any atom is 0.258 e. The molecule has 0 saturated carbocycles. The lowest BCUT2D eigenvalue weighted by atomic mass is 10.2. The van der Waals surface area contributed by atoms with E-state index in [2.05, 4.69) is 10.3 Å². The first-order valence-electron chi connectivity index (χ1n) is 8.74.